The summed E-state index contributed by atoms with van der Waals surface area (Å²) in [4.78, 5) is 1.91. The average molecular weight is 627 g/mol. The van der Waals surface area contributed by atoms with E-state index in [-0.39, 0.29) is 5.75 Å². The molecule has 0 radical (unpaired) electrons. The van der Waals surface area contributed by atoms with Crippen LogP contribution in [-0.4, -0.2) is 18.3 Å². The second-order valence-electron chi connectivity index (χ2n) is 11.6. The summed E-state index contributed by atoms with van der Waals surface area (Å²) in [5, 5.41) is 32.5. The molecule has 0 bridgehead atoms. The fourth-order valence-electron chi connectivity index (χ4n) is 7.03. The number of aromatic hydroxyl groups is 2. The van der Waals surface area contributed by atoms with Crippen LogP contribution in [0.3, 0.4) is 0 Å². The van der Waals surface area contributed by atoms with E-state index in [9.17, 15) is 10.2 Å². The first kappa shape index (κ1) is 28.1. The molecule has 0 aliphatic carbocycles. The van der Waals surface area contributed by atoms with Gasteiger partial charge in [-0.05, 0) is 60.5 Å². The van der Waals surface area contributed by atoms with E-state index in [1.54, 1.807) is 17.4 Å². The van der Waals surface area contributed by atoms with E-state index >= 15 is 0 Å². The number of hydrogen-bond donors (Lipinski definition) is 2. The number of hydrogen-bond acceptors (Lipinski definition) is 3. The molecule has 0 aliphatic rings. The molecule has 0 saturated carbocycles. The van der Waals surface area contributed by atoms with Crippen molar-refractivity contribution in [2.45, 2.75) is 0 Å². The van der Waals surface area contributed by atoms with Crippen molar-refractivity contribution in [3.63, 3.8) is 0 Å². The van der Waals surface area contributed by atoms with Gasteiger partial charge >= 0.3 is 0 Å². The van der Waals surface area contributed by atoms with Crippen molar-refractivity contribution < 1.29 is 10.2 Å². The van der Waals surface area contributed by atoms with Gasteiger partial charge in [-0.2, -0.15) is 0 Å². The predicted molar refractivity (Wildman–Crippen MR) is 197 cm³/mol. The van der Waals surface area contributed by atoms with Crippen molar-refractivity contribution in [1.29, 1.82) is 0 Å². The zero-order valence-corrected chi connectivity index (χ0v) is 26.8. The Balaban J connectivity index is 1.46. The highest BCUT2D eigenvalue weighted by Crippen LogP contribution is 2.46. The van der Waals surface area contributed by atoms with Crippen molar-refractivity contribution in [3.05, 3.63) is 170 Å². The predicted octanol–water partition coefficient (Wildman–Crippen LogP) is 8.18. The summed E-state index contributed by atoms with van der Waals surface area (Å²) in [6.45, 7) is 0. The minimum Gasteiger partial charge on any atom is -0.507 e. The smallest absolute Gasteiger partial charge is 0.184 e. The summed E-state index contributed by atoms with van der Waals surface area (Å²) >= 11 is 1.60. The van der Waals surface area contributed by atoms with E-state index in [1.165, 1.54) is 15.6 Å². The molecule has 0 amide bonds. The first-order valence-corrected chi connectivity index (χ1v) is 18.2. The van der Waals surface area contributed by atoms with Crippen LogP contribution < -0.4 is 20.7 Å². The lowest BCUT2D eigenvalue weighted by Gasteiger charge is -2.35. The number of phenols is 2. The van der Waals surface area contributed by atoms with Crippen LogP contribution in [0, 0.1) is 0 Å². The van der Waals surface area contributed by atoms with Gasteiger partial charge in [0.2, 0.25) is 0 Å². The Morgan fingerprint density at radius 2 is 0.870 bits per heavy atom. The van der Waals surface area contributed by atoms with E-state index < -0.39 is 8.07 Å². The Morgan fingerprint density at radius 1 is 0.413 bits per heavy atom. The van der Waals surface area contributed by atoms with Crippen molar-refractivity contribution in [3.8, 4) is 32.4 Å². The lowest BCUT2D eigenvalue weighted by atomic mass is 10.0. The summed E-state index contributed by atoms with van der Waals surface area (Å²) in [5.41, 5.74) is 1.64. The third kappa shape index (κ3) is 4.45. The SMILES string of the molecule is Oc1ccc2ccccc2c1-c1ccc(-c2c(O)c([Si](c3ccccc3)(c3ccccc3)c3ccccc3)cc3ccccc23)s1. The van der Waals surface area contributed by atoms with Crippen molar-refractivity contribution in [1.82, 2.24) is 0 Å². The van der Waals surface area contributed by atoms with Crippen LogP contribution in [0.2, 0.25) is 0 Å². The van der Waals surface area contributed by atoms with Crippen molar-refractivity contribution in [2.75, 3.05) is 0 Å². The van der Waals surface area contributed by atoms with E-state index in [0.717, 1.165) is 47.6 Å². The fraction of sp³-hybridized carbons (Fsp3) is 0. The molecule has 0 aliphatic heterocycles. The van der Waals surface area contributed by atoms with E-state index in [1.807, 2.05) is 24.3 Å². The summed E-state index contributed by atoms with van der Waals surface area (Å²) in [5.74, 6) is 0.552. The monoisotopic (exact) mass is 626 g/mol. The van der Waals surface area contributed by atoms with E-state index in [2.05, 4.69) is 140 Å². The summed E-state index contributed by atoms with van der Waals surface area (Å²) < 4.78 is 0. The topological polar surface area (TPSA) is 40.5 Å². The molecule has 7 aromatic carbocycles. The minimum atomic E-state index is -3.01. The van der Waals surface area contributed by atoms with Crippen LogP contribution in [-0.2, 0) is 0 Å². The molecule has 8 aromatic rings. The average Bonchev–Trinajstić information content (AvgIpc) is 3.59. The molecule has 1 aromatic heterocycles. The first-order valence-electron chi connectivity index (χ1n) is 15.4. The van der Waals surface area contributed by atoms with Gasteiger partial charge in [-0.15, -0.1) is 11.3 Å². The van der Waals surface area contributed by atoms with Crippen LogP contribution in [0.5, 0.6) is 11.5 Å². The van der Waals surface area contributed by atoms with Crippen LogP contribution >= 0.6 is 11.3 Å². The molecule has 8 rings (SSSR count). The zero-order chi connectivity index (χ0) is 31.1. The Labute approximate surface area is 273 Å². The molecule has 2 nitrogen and oxygen atoms in total. The molecule has 1 heterocycles. The molecule has 0 unspecified atom stereocenters. The largest absolute Gasteiger partial charge is 0.507 e. The van der Waals surface area contributed by atoms with Crippen LogP contribution in [0.4, 0.5) is 0 Å². The van der Waals surface area contributed by atoms with Gasteiger partial charge in [0.1, 0.15) is 11.5 Å². The Kier molecular flexibility index (Phi) is 7.02. The maximum absolute atomic E-state index is 12.8. The van der Waals surface area contributed by atoms with Crippen LogP contribution in [0.15, 0.2) is 170 Å². The Bertz CT molecular complexity index is 2230. The van der Waals surface area contributed by atoms with Crippen LogP contribution in [0.1, 0.15) is 0 Å². The second kappa shape index (κ2) is 11.5. The van der Waals surface area contributed by atoms with Gasteiger partial charge in [-0.3, -0.25) is 0 Å². The minimum absolute atomic E-state index is 0.249. The molecule has 46 heavy (non-hydrogen) atoms. The van der Waals surface area contributed by atoms with E-state index in [4.69, 9.17) is 0 Å². The molecule has 0 spiro atoms. The Hall–Kier alpha value is -5.42. The molecule has 0 fully saturated rings. The van der Waals surface area contributed by atoms with Gasteiger partial charge in [0.15, 0.2) is 8.07 Å². The molecule has 4 heteroatoms. The second-order valence-corrected chi connectivity index (χ2v) is 16.4. The number of phenolic OH excluding ortho intramolecular Hbond substituents is 2. The quantitative estimate of drug-likeness (QED) is 0.144. The highest BCUT2D eigenvalue weighted by atomic mass is 32.1. The van der Waals surface area contributed by atoms with Crippen molar-refractivity contribution >= 4 is 61.7 Å². The molecule has 0 atom stereocenters. The third-order valence-electron chi connectivity index (χ3n) is 9.05. The highest BCUT2D eigenvalue weighted by molar-refractivity contribution is 7.21. The Morgan fingerprint density at radius 3 is 1.43 bits per heavy atom. The third-order valence-corrected chi connectivity index (χ3v) is 15.0. The van der Waals surface area contributed by atoms with Crippen LogP contribution in [0.25, 0.3) is 42.4 Å². The van der Waals surface area contributed by atoms with Crippen molar-refractivity contribution in [2.24, 2.45) is 0 Å². The summed E-state index contributed by atoms with van der Waals surface area (Å²) in [6, 6.07) is 58.6. The maximum Gasteiger partial charge on any atom is 0.184 e. The molecular weight excluding hydrogens is 597 g/mol. The lowest BCUT2D eigenvalue weighted by molar-refractivity contribution is 0.478. The van der Waals surface area contributed by atoms with Gasteiger partial charge in [-0.25, -0.2) is 0 Å². The molecular formula is C42H30O2SSi. The van der Waals surface area contributed by atoms with Gasteiger partial charge in [0, 0.05) is 20.9 Å². The molecule has 0 saturated heterocycles. The maximum atomic E-state index is 12.8. The lowest BCUT2D eigenvalue weighted by Crippen LogP contribution is -2.74. The summed E-state index contributed by atoms with van der Waals surface area (Å²) in [6.07, 6.45) is 0. The number of thiophene rings is 1. The molecule has 2 N–H and O–H groups in total. The fourth-order valence-corrected chi connectivity index (χ4v) is 13.0. The number of benzene rings is 7. The number of rotatable bonds is 6. The van der Waals surface area contributed by atoms with Gasteiger partial charge in [-0.1, -0.05) is 152 Å². The van der Waals surface area contributed by atoms with Gasteiger partial charge in [0.25, 0.3) is 0 Å². The van der Waals surface area contributed by atoms with Gasteiger partial charge < -0.3 is 10.2 Å². The normalized spacial score (nSPS) is 11.7. The first-order chi connectivity index (χ1) is 22.7. The number of fused-ring (bicyclic) bond motifs is 2. The highest BCUT2D eigenvalue weighted by Gasteiger charge is 2.44. The molecule has 220 valence electrons. The summed E-state index contributed by atoms with van der Waals surface area (Å²) in [7, 11) is -3.01. The van der Waals surface area contributed by atoms with E-state index in [0.29, 0.717) is 5.75 Å². The standard InChI is InChI=1S/C42H30O2SSi/c43-36-25-24-29-14-10-12-22-34(29)40(36)37-26-27-38(45-37)41-35-23-13-11-15-30(35)28-39(42(41)44)46(31-16-4-1-5-17-31,32-18-6-2-7-19-32)33-20-8-3-9-21-33/h1-28,43-44H. The zero-order valence-electron chi connectivity index (χ0n) is 25.0. The van der Waals surface area contributed by atoms with Gasteiger partial charge in [0.05, 0.1) is 0 Å².